The standard InChI is InChI=1S/C11H34N4Si3/c1-12(2)16(7)15(17(8,9)13(3)4)18(10,11)14(5)6/h16H,1-11H3. The molecule has 0 aliphatic heterocycles. The van der Waals surface area contributed by atoms with Crippen LogP contribution in [0.25, 0.3) is 0 Å². The van der Waals surface area contributed by atoms with Crippen LogP contribution in [0.4, 0.5) is 0 Å². The predicted octanol–water partition coefficient (Wildman–Crippen LogP) is 1.23. The van der Waals surface area contributed by atoms with Gasteiger partial charge < -0.3 is 17.6 Å². The summed E-state index contributed by atoms with van der Waals surface area (Å²) < 4.78 is 10.4. The van der Waals surface area contributed by atoms with Gasteiger partial charge >= 0.3 is 0 Å². The molecule has 0 fully saturated rings. The summed E-state index contributed by atoms with van der Waals surface area (Å²) in [4.78, 5) is 0. The van der Waals surface area contributed by atoms with Gasteiger partial charge in [-0.05, 0) is 75.0 Å². The summed E-state index contributed by atoms with van der Waals surface area (Å²) in [7, 11) is 9.36. The second-order valence-corrected chi connectivity index (χ2v) is 19.8. The quantitative estimate of drug-likeness (QED) is 0.684. The van der Waals surface area contributed by atoms with Crippen molar-refractivity contribution in [2.45, 2.75) is 32.7 Å². The number of rotatable bonds is 6. The Balaban J connectivity index is 5.59. The van der Waals surface area contributed by atoms with Crippen LogP contribution in [0.5, 0.6) is 0 Å². The number of nitrogens with zero attached hydrogens (tertiary/aromatic N) is 4. The highest BCUT2D eigenvalue weighted by Crippen LogP contribution is 2.25. The lowest BCUT2D eigenvalue weighted by atomic mass is 11.3. The summed E-state index contributed by atoms with van der Waals surface area (Å²) in [6.45, 7) is 12.4. The highest BCUT2D eigenvalue weighted by Gasteiger charge is 2.47. The van der Waals surface area contributed by atoms with Crippen molar-refractivity contribution >= 4 is 25.9 Å². The molecule has 0 N–H and O–H groups in total. The van der Waals surface area contributed by atoms with Crippen LogP contribution >= 0.6 is 0 Å². The topological polar surface area (TPSA) is 13.0 Å². The molecule has 0 rings (SSSR count). The van der Waals surface area contributed by atoms with E-state index in [0.29, 0.717) is 0 Å². The van der Waals surface area contributed by atoms with Gasteiger partial charge in [-0.3, -0.25) is 0 Å². The zero-order valence-electron chi connectivity index (χ0n) is 14.4. The summed E-state index contributed by atoms with van der Waals surface area (Å²) in [6, 6.07) is 0. The van der Waals surface area contributed by atoms with E-state index in [1.165, 1.54) is 0 Å². The van der Waals surface area contributed by atoms with Crippen molar-refractivity contribution < 1.29 is 0 Å². The van der Waals surface area contributed by atoms with Gasteiger partial charge in [-0.1, -0.05) is 0 Å². The highest BCUT2D eigenvalue weighted by atomic mass is 28.5. The number of hydrogen-bond donors (Lipinski definition) is 0. The SMILES string of the molecule is CN(C)[SiH](C)N([Si](C)(C)N(C)C)[Si](C)(C)N(C)C. The first kappa shape index (κ1) is 18.5. The van der Waals surface area contributed by atoms with Crippen molar-refractivity contribution in [1.29, 1.82) is 0 Å². The van der Waals surface area contributed by atoms with E-state index in [1.54, 1.807) is 0 Å². The Morgan fingerprint density at radius 3 is 1.11 bits per heavy atom. The van der Waals surface area contributed by atoms with Crippen LogP contribution in [-0.2, 0) is 0 Å². The summed E-state index contributed by atoms with van der Waals surface area (Å²) in [6.07, 6.45) is 0. The van der Waals surface area contributed by atoms with Crippen LogP contribution in [0.2, 0.25) is 32.7 Å². The minimum Gasteiger partial charge on any atom is -0.334 e. The molecule has 7 heteroatoms. The summed E-state index contributed by atoms with van der Waals surface area (Å²) in [5, 5.41) is 0. The molecule has 0 aliphatic rings. The van der Waals surface area contributed by atoms with Crippen molar-refractivity contribution in [2.24, 2.45) is 0 Å². The van der Waals surface area contributed by atoms with Gasteiger partial charge in [0, 0.05) is 0 Å². The van der Waals surface area contributed by atoms with Crippen molar-refractivity contribution in [3.63, 3.8) is 0 Å². The molecule has 0 aromatic carbocycles. The largest absolute Gasteiger partial charge is 0.334 e. The summed E-state index contributed by atoms with van der Waals surface area (Å²) in [5.74, 6) is 0. The zero-order valence-corrected chi connectivity index (χ0v) is 17.5. The molecule has 0 heterocycles. The number of hydrogen-bond acceptors (Lipinski definition) is 4. The third-order valence-corrected chi connectivity index (χ3v) is 22.8. The molecule has 0 aliphatic carbocycles. The molecule has 0 aromatic heterocycles. The van der Waals surface area contributed by atoms with Crippen LogP contribution in [0.15, 0.2) is 0 Å². The molecular weight excluding hydrogens is 272 g/mol. The van der Waals surface area contributed by atoms with Gasteiger partial charge in [-0.2, -0.15) is 0 Å². The fourth-order valence-corrected chi connectivity index (χ4v) is 20.2. The summed E-state index contributed by atoms with van der Waals surface area (Å²) >= 11 is 0. The van der Waals surface area contributed by atoms with Crippen LogP contribution in [0, 0.1) is 0 Å². The van der Waals surface area contributed by atoms with Crippen molar-refractivity contribution in [3.05, 3.63) is 0 Å². The Morgan fingerprint density at radius 2 is 0.944 bits per heavy atom. The molecule has 0 bridgehead atoms. The first-order valence-electron chi connectivity index (χ1n) is 6.67. The Labute approximate surface area is 119 Å². The minimum absolute atomic E-state index is 1.05. The fraction of sp³-hybridized carbons (Fsp3) is 1.00. The van der Waals surface area contributed by atoms with Gasteiger partial charge in [0.05, 0.1) is 0 Å². The van der Waals surface area contributed by atoms with Gasteiger partial charge in [0.1, 0.15) is 0 Å². The van der Waals surface area contributed by atoms with E-state index in [9.17, 15) is 0 Å². The molecule has 0 radical (unpaired) electrons. The van der Waals surface area contributed by atoms with Gasteiger partial charge in [0.25, 0.3) is 0 Å². The zero-order chi connectivity index (χ0) is 14.9. The molecular formula is C11H34N4Si3. The van der Waals surface area contributed by atoms with Crippen molar-refractivity contribution in [3.8, 4) is 0 Å². The molecule has 18 heavy (non-hydrogen) atoms. The Morgan fingerprint density at radius 1 is 0.667 bits per heavy atom. The normalized spacial score (nSPS) is 16.2. The van der Waals surface area contributed by atoms with Crippen LogP contribution in [0.3, 0.4) is 0 Å². The van der Waals surface area contributed by atoms with Crippen molar-refractivity contribution in [2.75, 3.05) is 42.3 Å². The maximum absolute atomic E-state index is 2.96. The first-order valence-corrected chi connectivity index (χ1v) is 14.6. The molecule has 0 saturated heterocycles. The van der Waals surface area contributed by atoms with Crippen LogP contribution in [-0.4, -0.2) is 85.8 Å². The van der Waals surface area contributed by atoms with Crippen molar-refractivity contribution in [1.82, 2.24) is 17.6 Å². The van der Waals surface area contributed by atoms with Crippen LogP contribution < -0.4 is 0 Å². The third kappa shape index (κ3) is 3.75. The van der Waals surface area contributed by atoms with E-state index in [2.05, 4.69) is 92.6 Å². The molecule has 0 amide bonds. The minimum atomic E-state index is -1.53. The maximum Gasteiger partial charge on any atom is 0.188 e. The van der Waals surface area contributed by atoms with Gasteiger partial charge in [-0.15, -0.1) is 0 Å². The second-order valence-electron chi connectivity index (χ2n) is 6.74. The lowest BCUT2D eigenvalue weighted by Gasteiger charge is -2.55. The van der Waals surface area contributed by atoms with Gasteiger partial charge in [-0.25, -0.2) is 0 Å². The Bertz CT molecular complexity index is 247. The smallest absolute Gasteiger partial charge is 0.188 e. The molecule has 110 valence electrons. The fourth-order valence-electron chi connectivity index (χ4n) is 2.25. The average Bonchev–Trinajstić information content (AvgIpc) is 2.15. The molecule has 0 aromatic rings. The van der Waals surface area contributed by atoms with Gasteiger partial charge in [0.15, 0.2) is 25.9 Å². The third-order valence-electron chi connectivity index (χ3n) is 4.49. The molecule has 4 nitrogen and oxygen atoms in total. The van der Waals surface area contributed by atoms with Crippen LogP contribution in [0.1, 0.15) is 0 Å². The van der Waals surface area contributed by atoms with E-state index in [4.69, 9.17) is 0 Å². The predicted molar refractivity (Wildman–Crippen MR) is 90.9 cm³/mol. The van der Waals surface area contributed by atoms with E-state index in [0.717, 1.165) is 0 Å². The molecule has 0 spiro atoms. The van der Waals surface area contributed by atoms with E-state index < -0.39 is 25.9 Å². The van der Waals surface area contributed by atoms with Gasteiger partial charge in [0.2, 0.25) is 0 Å². The second kappa shape index (κ2) is 6.29. The monoisotopic (exact) mass is 306 g/mol. The van der Waals surface area contributed by atoms with E-state index in [1.807, 2.05) is 0 Å². The highest BCUT2D eigenvalue weighted by molar-refractivity contribution is 6.97. The Kier molecular flexibility index (Phi) is 6.47. The lowest BCUT2D eigenvalue weighted by Crippen LogP contribution is -2.77. The Hall–Kier alpha value is 0.491. The molecule has 1 atom stereocenters. The lowest BCUT2D eigenvalue weighted by molar-refractivity contribution is 0.503. The summed E-state index contributed by atoms with van der Waals surface area (Å²) in [5.41, 5.74) is 0. The molecule has 1 unspecified atom stereocenters. The average molecular weight is 307 g/mol. The maximum atomic E-state index is 2.96. The van der Waals surface area contributed by atoms with E-state index in [-0.39, 0.29) is 0 Å². The molecule has 0 saturated carbocycles. The van der Waals surface area contributed by atoms with E-state index >= 15 is 0 Å². The first-order chi connectivity index (χ1) is 7.86.